The molecule has 2 aromatic rings. The summed E-state index contributed by atoms with van der Waals surface area (Å²) < 4.78 is 0. The molecule has 0 amide bonds. The minimum atomic E-state index is 0.624. The molecule has 0 bridgehead atoms. The van der Waals surface area contributed by atoms with Crippen molar-refractivity contribution in [1.29, 1.82) is 0 Å². The Morgan fingerprint density at radius 2 is 2.00 bits per heavy atom. The molecule has 0 N–H and O–H groups in total. The highest BCUT2D eigenvalue weighted by Gasteiger charge is 2.35. The molecule has 0 radical (unpaired) electrons. The molecule has 124 valence electrons. The van der Waals surface area contributed by atoms with Crippen LogP contribution in [0.2, 0.25) is 5.02 Å². The molecule has 3 nitrogen and oxygen atoms in total. The number of hydrogen-bond donors (Lipinski definition) is 0. The van der Waals surface area contributed by atoms with Crippen LogP contribution in [-0.4, -0.2) is 48.0 Å². The SMILES string of the molecule is CC(C)C1CN(Cc2ccc3cccc(Cl)c3n2)CC1N(C)C. The van der Waals surface area contributed by atoms with Gasteiger partial charge in [-0.05, 0) is 38.1 Å². The second kappa shape index (κ2) is 6.76. The first-order valence-electron chi connectivity index (χ1n) is 8.38. The quantitative estimate of drug-likeness (QED) is 0.847. The van der Waals surface area contributed by atoms with E-state index in [1.54, 1.807) is 0 Å². The fourth-order valence-electron chi connectivity index (χ4n) is 3.69. The van der Waals surface area contributed by atoms with Gasteiger partial charge in [0.2, 0.25) is 0 Å². The van der Waals surface area contributed by atoms with Crippen LogP contribution in [0.25, 0.3) is 10.9 Å². The van der Waals surface area contributed by atoms with Crippen LogP contribution in [0.1, 0.15) is 19.5 Å². The molecule has 1 aromatic carbocycles. The summed E-state index contributed by atoms with van der Waals surface area (Å²) in [6.45, 7) is 7.81. The van der Waals surface area contributed by atoms with Crippen LogP contribution in [0.3, 0.4) is 0 Å². The summed E-state index contributed by atoms with van der Waals surface area (Å²) in [7, 11) is 4.38. The minimum absolute atomic E-state index is 0.624. The van der Waals surface area contributed by atoms with Crippen LogP contribution in [0.4, 0.5) is 0 Å². The van der Waals surface area contributed by atoms with Crippen molar-refractivity contribution >= 4 is 22.5 Å². The van der Waals surface area contributed by atoms with Gasteiger partial charge in [0.05, 0.1) is 16.2 Å². The minimum Gasteiger partial charge on any atom is -0.305 e. The Hall–Kier alpha value is -1.16. The van der Waals surface area contributed by atoms with Crippen molar-refractivity contribution in [3.8, 4) is 0 Å². The molecule has 2 unspecified atom stereocenters. The van der Waals surface area contributed by atoms with Gasteiger partial charge in [-0.2, -0.15) is 0 Å². The zero-order valence-corrected chi connectivity index (χ0v) is 15.2. The lowest BCUT2D eigenvalue weighted by Gasteiger charge is -2.27. The number of aromatic nitrogens is 1. The van der Waals surface area contributed by atoms with Crippen molar-refractivity contribution in [3.05, 3.63) is 41.0 Å². The number of para-hydroxylation sites is 1. The van der Waals surface area contributed by atoms with Gasteiger partial charge in [-0.3, -0.25) is 4.90 Å². The summed E-state index contributed by atoms with van der Waals surface area (Å²) in [5.41, 5.74) is 2.02. The van der Waals surface area contributed by atoms with Crippen molar-refractivity contribution in [1.82, 2.24) is 14.8 Å². The number of nitrogens with zero attached hydrogens (tertiary/aromatic N) is 3. The third-order valence-corrected chi connectivity index (χ3v) is 5.35. The van der Waals surface area contributed by atoms with Crippen molar-refractivity contribution in [2.75, 3.05) is 27.2 Å². The second-order valence-electron chi connectivity index (χ2n) is 7.25. The molecular weight excluding hydrogens is 306 g/mol. The molecule has 1 aliphatic rings. The predicted molar refractivity (Wildman–Crippen MR) is 97.8 cm³/mol. The molecule has 4 heteroatoms. The van der Waals surface area contributed by atoms with E-state index in [-0.39, 0.29) is 0 Å². The van der Waals surface area contributed by atoms with Crippen LogP contribution in [0.15, 0.2) is 30.3 Å². The fourth-order valence-corrected chi connectivity index (χ4v) is 3.92. The van der Waals surface area contributed by atoms with Crippen LogP contribution >= 0.6 is 11.6 Å². The normalized spacial score (nSPS) is 22.6. The van der Waals surface area contributed by atoms with Gasteiger partial charge in [-0.1, -0.05) is 43.6 Å². The van der Waals surface area contributed by atoms with E-state index in [9.17, 15) is 0 Å². The number of likely N-dealkylation sites (N-methyl/N-ethyl adjacent to an activating group) is 1. The summed E-state index contributed by atoms with van der Waals surface area (Å²) in [5.74, 6) is 1.42. The van der Waals surface area contributed by atoms with Crippen molar-refractivity contribution < 1.29 is 0 Å². The van der Waals surface area contributed by atoms with Crippen LogP contribution in [0.5, 0.6) is 0 Å². The topological polar surface area (TPSA) is 19.4 Å². The monoisotopic (exact) mass is 331 g/mol. The molecule has 1 fully saturated rings. The number of fused-ring (bicyclic) bond motifs is 1. The van der Waals surface area contributed by atoms with Gasteiger partial charge in [0, 0.05) is 31.1 Å². The van der Waals surface area contributed by atoms with Gasteiger partial charge >= 0.3 is 0 Å². The van der Waals surface area contributed by atoms with E-state index < -0.39 is 0 Å². The van der Waals surface area contributed by atoms with Gasteiger partial charge in [0.1, 0.15) is 0 Å². The largest absolute Gasteiger partial charge is 0.305 e. The lowest BCUT2D eigenvalue weighted by atomic mass is 9.91. The van der Waals surface area contributed by atoms with E-state index in [4.69, 9.17) is 16.6 Å². The third kappa shape index (κ3) is 3.52. The average molecular weight is 332 g/mol. The molecule has 1 aliphatic heterocycles. The van der Waals surface area contributed by atoms with E-state index in [0.717, 1.165) is 41.3 Å². The Morgan fingerprint density at radius 1 is 1.22 bits per heavy atom. The van der Waals surface area contributed by atoms with E-state index in [1.165, 1.54) is 0 Å². The maximum absolute atomic E-state index is 6.29. The number of rotatable bonds is 4. The number of likely N-dealkylation sites (tertiary alicyclic amines) is 1. The standard InChI is InChI=1S/C19H26ClN3/c1-13(2)16-11-23(12-18(16)22(3)4)10-15-9-8-14-6-5-7-17(20)19(14)21-15/h5-9,13,16,18H,10-12H2,1-4H3. The van der Waals surface area contributed by atoms with E-state index in [2.05, 4.69) is 55.9 Å². The molecular formula is C19H26ClN3. The Balaban J connectivity index is 1.78. The molecule has 3 rings (SSSR count). The molecule has 0 saturated carbocycles. The highest BCUT2D eigenvalue weighted by molar-refractivity contribution is 6.35. The van der Waals surface area contributed by atoms with Crippen LogP contribution in [0, 0.1) is 11.8 Å². The van der Waals surface area contributed by atoms with E-state index in [0.29, 0.717) is 17.9 Å². The lowest BCUT2D eigenvalue weighted by molar-refractivity contribution is 0.215. The fraction of sp³-hybridized carbons (Fsp3) is 0.526. The Morgan fingerprint density at radius 3 is 2.65 bits per heavy atom. The maximum atomic E-state index is 6.29. The number of pyridine rings is 1. The van der Waals surface area contributed by atoms with Gasteiger partial charge in [-0.25, -0.2) is 4.98 Å². The lowest BCUT2D eigenvalue weighted by Crippen LogP contribution is -2.37. The molecule has 1 saturated heterocycles. The third-order valence-electron chi connectivity index (χ3n) is 5.04. The van der Waals surface area contributed by atoms with Crippen molar-refractivity contribution in [2.45, 2.75) is 26.4 Å². The van der Waals surface area contributed by atoms with Gasteiger partial charge < -0.3 is 4.90 Å². The molecule has 1 aromatic heterocycles. The first-order valence-corrected chi connectivity index (χ1v) is 8.76. The summed E-state index contributed by atoms with van der Waals surface area (Å²) in [4.78, 5) is 9.69. The van der Waals surface area contributed by atoms with Crippen molar-refractivity contribution in [2.24, 2.45) is 11.8 Å². The van der Waals surface area contributed by atoms with Crippen molar-refractivity contribution in [3.63, 3.8) is 0 Å². The average Bonchev–Trinajstić information content (AvgIpc) is 2.92. The maximum Gasteiger partial charge on any atom is 0.0891 e. The Kier molecular flexibility index (Phi) is 4.90. The molecule has 0 aliphatic carbocycles. The summed E-state index contributed by atoms with van der Waals surface area (Å²) in [6, 6.07) is 10.8. The molecule has 2 atom stereocenters. The summed E-state index contributed by atoms with van der Waals surface area (Å²) >= 11 is 6.29. The zero-order chi connectivity index (χ0) is 16.6. The van der Waals surface area contributed by atoms with Gasteiger partial charge in [-0.15, -0.1) is 0 Å². The van der Waals surface area contributed by atoms with E-state index >= 15 is 0 Å². The van der Waals surface area contributed by atoms with Crippen LogP contribution in [-0.2, 0) is 6.54 Å². The number of hydrogen-bond acceptors (Lipinski definition) is 3. The van der Waals surface area contributed by atoms with Gasteiger partial charge in [0.25, 0.3) is 0 Å². The predicted octanol–water partition coefficient (Wildman–Crippen LogP) is 3.91. The number of halogens is 1. The second-order valence-corrected chi connectivity index (χ2v) is 7.65. The smallest absolute Gasteiger partial charge is 0.0891 e. The zero-order valence-electron chi connectivity index (χ0n) is 14.5. The Labute approximate surface area is 144 Å². The first kappa shape index (κ1) is 16.7. The van der Waals surface area contributed by atoms with Gasteiger partial charge in [0.15, 0.2) is 0 Å². The molecule has 23 heavy (non-hydrogen) atoms. The molecule has 0 spiro atoms. The number of benzene rings is 1. The van der Waals surface area contributed by atoms with E-state index in [1.807, 2.05) is 12.1 Å². The highest BCUT2D eigenvalue weighted by Crippen LogP contribution is 2.28. The first-order chi connectivity index (χ1) is 11.0. The summed E-state index contributed by atoms with van der Waals surface area (Å²) in [6.07, 6.45) is 0. The Bertz CT molecular complexity index is 667. The summed E-state index contributed by atoms with van der Waals surface area (Å²) in [5, 5.41) is 1.84. The molecule has 2 heterocycles. The van der Waals surface area contributed by atoms with Crippen LogP contribution < -0.4 is 0 Å². The highest BCUT2D eigenvalue weighted by atomic mass is 35.5.